The van der Waals surface area contributed by atoms with Gasteiger partial charge in [0.05, 0.1) is 6.04 Å². The lowest BCUT2D eigenvalue weighted by molar-refractivity contribution is 0.266. The van der Waals surface area contributed by atoms with Crippen LogP contribution in [-0.4, -0.2) is 18.1 Å². The Balaban J connectivity index is 2.01. The first-order chi connectivity index (χ1) is 9.79. The molecule has 0 bridgehead atoms. The van der Waals surface area contributed by atoms with E-state index in [1.54, 1.807) is 0 Å². The van der Waals surface area contributed by atoms with E-state index in [4.69, 9.17) is 4.74 Å². The third-order valence-electron chi connectivity index (χ3n) is 3.14. The highest BCUT2D eigenvalue weighted by atomic mass is 16.5. The van der Waals surface area contributed by atoms with Crippen LogP contribution in [0.25, 0.3) is 0 Å². The third-order valence-corrected chi connectivity index (χ3v) is 3.14. The highest BCUT2D eigenvalue weighted by molar-refractivity contribution is 5.22. The Morgan fingerprint density at radius 2 is 1.95 bits per heavy atom. The van der Waals surface area contributed by atoms with Crippen LogP contribution in [0.4, 0.5) is 0 Å². The highest BCUT2D eigenvalue weighted by Crippen LogP contribution is 2.16. The molecule has 2 aromatic rings. The second kappa shape index (κ2) is 7.65. The van der Waals surface area contributed by atoms with Crippen molar-refractivity contribution >= 4 is 0 Å². The van der Waals surface area contributed by atoms with Gasteiger partial charge in [0.1, 0.15) is 12.4 Å². The summed E-state index contributed by atoms with van der Waals surface area (Å²) in [6, 6.07) is 14.2. The van der Waals surface area contributed by atoms with Crippen LogP contribution in [-0.2, 0) is 0 Å². The molecule has 0 amide bonds. The van der Waals surface area contributed by atoms with Gasteiger partial charge in [-0.15, -0.1) is 0 Å². The number of benzene rings is 1. The molecule has 0 aliphatic carbocycles. The molecule has 0 saturated carbocycles. The molecule has 20 heavy (non-hydrogen) atoms. The van der Waals surface area contributed by atoms with Gasteiger partial charge >= 0.3 is 0 Å². The summed E-state index contributed by atoms with van der Waals surface area (Å²) in [7, 11) is 0. The number of hydrogen-bond donors (Lipinski definition) is 1. The van der Waals surface area contributed by atoms with Gasteiger partial charge in [0.25, 0.3) is 0 Å². The van der Waals surface area contributed by atoms with E-state index in [1.165, 1.54) is 5.56 Å². The largest absolute Gasteiger partial charge is 0.492 e. The number of aromatic nitrogens is 1. The normalized spacial score (nSPS) is 12.1. The van der Waals surface area contributed by atoms with E-state index < -0.39 is 0 Å². The van der Waals surface area contributed by atoms with Crippen molar-refractivity contribution < 1.29 is 4.74 Å². The Morgan fingerprint density at radius 1 is 1.15 bits per heavy atom. The van der Waals surface area contributed by atoms with E-state index in [1.807, 2.05) is 49.5 Å². The minimum Gasteiger partial charge on any atom is -0.492 e. The smallest absolute Gasteiger partial charge is 0.119 e. The number of aryl methyl sites for hydroxylation is 1. The Labute approximate surface area is 121 Å². The van der Waals surface area contributed by atoms with Crippen molar-refractivity contribution in [2.75, 3.05) is 13.2 Å². The van der Waals surface area contributed by atoms with Crippen LogP contribution >= 0.6 is 0 Å². The molecule has 3 heteroatoms. The highest BCUT2D eigenvalue weighted by Gasteiger charge is 2.11. The van der Waals surface area contributed by atoms with Gasteiger partial charge in [0, 0.05) is 11.9 Å². The maximum atomic E-state index is 5.86. The number of hydrogen-bond acceptors (Lipinski definition) is 3. The molecule has 2 rings (SSSR count). The summed E-state index contributed by atoms with van der Waals surface area (Å²) in [6.07, 6.45) is 3.03. The Hall–Kier alpha value is -1.87. The molecule has 1 atom stereocenters. The quantitative estimate of drug-likeness (QED) is 0.836. The van der Waals surface area contributed by atoms with Gasteiger partial charge in [-0.25, -0.2) is 0 Å². The zero-order valence-electron chi connectivity index (χ0n) is 12.2. The average molecular weight is 270 g/mol. The molecule has 0 radical (unpaired) electrons. The average Bonchev–Trinajstić information content (AvgIpc) is 2.50. The molecule has 0 spiro atoms. The lowest BCUT2D eigenvalue weighted by Gasteiger charge is -2.19. The van der Waals surface area contributed by atoms with Gasteiger partial charge in [0.15, 0.2) is 0 Å². The molecule has 1 N–H and O–H groups in total. The van der Waals surface area contributed by atoms with E-state index in [0.717, 1.165) is 24.4 Å². The predicted octanol–water partition coefficient (Wildman–Crippen LogP) is 3.51. The van der Waals surface area contributed by atoms with Crippen LogP contribution in [0.5, 0.6) is 5.75 Å². The van der Waals surface area contributed by atoms with Crippen molar-refractivity contribution in [2.45, 2.75) is 26.3 Å². The van der Waals surface area contributed by atoms with Crippen LogP contribution in [0, 0.1) is 6.92 Å². The third kappa shape index (κ3) is 4.35. The molecule has 1 aromatic heterocycles. The molecule has 1 aromatic carbocycles. The van der Waals surface area contributed by atoms with Gasteiger partial charge in [-0.1, -0.05) is 31.2 Å². The van der Waals surface area contributed by atoms with Crippen molar-refractivity contribution in [1.29, 1.82) is 0 Å². The monoisotopic (exact) mass is 270 g/mol. The predicted molar refractivity (Wildman–Crippen MR) is 81.9 cm³/mol. The first-order valence-electron chi connectivity index (χ1n) is 7.13. The number of nitrogens with zero attached hydrogens (tertiary/aromatic N) is 1. The van der Waals surface area contributed by atoms with Gasteiger partial charge < -0.3 is 10.1 Å². The molecular weight excluding hydrogens is 248 g/mol. The molecule has 0 aliphatic heterocycles. The summed E-state index contributed by atoms with van der Waals surface area (Å²) in [5, 5.41) is 3.51. The number of nitrogens with one attached hydrogen (secondary N) is 1. The van der Waals surface area contributed by atoms with E-state index in [-0.39, 0.29) is 6.04 Å². The minimum absolute atomic E-state index is 0.170. The summed E-state index contributed by atoms with van der Waals surface area (Å²) in [6.45, 7) is 5.74. The van der Waals surface area contributed by atoms with Crippen LogP contribution < -0.4 is 10.1 Å². The minimum atomic E-state index is 0.170. The van der Waals surface area contributed by atoms with Crippen molar-refractivity contribution in [3.63, 3.8) is 0 Å². The van der Waals surface area contributed by atoms with E-state index in [0.29, 0.717) is 6.61 Å². The summed E-state index contributed by atoms with van der Waals surface area (Å²) < 4.78 is 5.86. The number of rotatable bonds is 7. The molecule has 1 unspecified atom stereocenters. The first kappa shape index (κ1) is 14.5. The first-order valence-corrected chi connectivity index (χ1v) is 7.13. The van der Waals surface area contributed by atoms with Gasteiger partial charge in [-0.2, -0.15) is 0 Å². The molecule has 0 aliphatic rings. The molecule has 3 nitrogen and oxygen atoms in total. The zero-order valence-corrected chi connectivity index (χ0v) is 12.2. The number of para-hydroxylation sites is 1. The summed E-state index contributed by atoms with van der Waals surface area (Å²) in [5.41, 5.74) is 2.20. The molecular formula is C17H22N2O. The Bertz CT molecular complexity index is 496. The van der Waals surface area contributed by atoms with Crippen molar-refractivity contribution in [3.05, 3.63) is 59.9 Å². The van der Waals surface area contributed by atoms with Crippen molar-refractivity contribution in [1.82, 2.24) is 10.3 Å². The second-order valence-electron chi connectivity index (χ2n) is 4.86. The van der Waals surface area contributed by atoms with Crippen LogP contribution in [0.15, 0.2) is 48.7 Å². The summed E-state index contributed by atoms with van der Waals surface area (Å²) in [5.74, 6) is 0.899. The molecule has 0 fully saturated rings. The standard InChI is InChI=1S/C17H22N2O/c1-3-11-18-17(15-10-9-14(2)19-12-15)13-20-16-7-5-4-6-8-16/h4-10,12,17-18H,3,11,13H2,1-2H3. The summed E-state index contributed by atoms with van der Waals surface area (Å²) >= 11 is 0. The van der Waals surface area contributed by atoms with Crippen LogP contribution in [0.2, 0.25) is 0 Å². The Kier molecular flexibility index (Phi) is 5.56. The fourth-order valence-electron chi connectivity index (χ4n) is 1.97. The van der Waals surface area contributed by atoms with E-state index >= 15 is 0 Å². The maximum Gasteiger partial charge on any atom is 0.119 e. The lowest BCUT2D eigenvalue weighted by Crippen LogP contribution is -2.27. The van der Waals surface area contributed by atoms with Crippen molar-refractivity contribution in [2.24, 2.45) is 0 Å². The van der Waals surface area contributed by atoms with Crippen LogP contribution in [0.1, 0.15) is 30.6 Å². The van der Waals surface area contributed by atoms with Gasteiger partial charge in [-0.3, -0.25) is 4.98 Å². The second-order valence-corrected chi connectivity index (χ2v) is 4.86. The van der Waals surface area contributed by atoms with E-state index in [2.05, 4.69) is 23.3 Å². The molecule has 1 heterocycles. The van der Waals surface area contributed by atoms with Gasteiger partial charge in [0.2, 0.25) is 0 Å². The fourth-order valence-corrected chi connectivity index (χ4v) is 1.97. The van der Waals surface area contributed by atoms with Crippen molar-refractivity contribution in [3.8, 4) is 5.75 Å². The fraction of sp³-hybridized carbons (Fsp3) is 0.353. The number of ether oxygens (including phenoxy) is 1. The SMILES string of the molecule is CCCNC(COc1ccccc1)c1ccc(C)nc1. The zero-order chi connectivity index (χ0) is 14.2. The van der Waals surface area contributed by atoms with Gasteiger partial charge in [-0.05, 0) is 43.7 Å². The topological polar surface area (TPSA) is 34.1 Å². The summed E-state index contributed by atoms with van der Waals surface area (Å²) in [4.78, 5) is 4.37. The van der Waals surface area contributed by atoms with E-state index in [9.17, 15) is 0 Å². The molecule has 106 valence electrons. The number of pyridine rings is 1. The molecule has 0 saturated heterocycles. The maximum absolute atomic E-state index is 5.86. The van der Waals surface area contributed by atoms with Crippen LogP contribution in [0.3, 0.4) is 0 Å². The lowest BCUT2D eigenvalue weighted by atomic mass is 10.1. The Morgan fingerprint density at radius 3 is 2.60 bits per heavy atom.